The van der Waals surface area contributed by atoms with Crippen LogP contribution in [0.2, 0.25) is 0 Å². The Balaban J connectivity index is 2.13. The van der Waals surface area contributed by atoms with E-state index in [9.17, 15) is 9.59 Å². The Labute approximate surface area is 136 Å². The van der Waals surface area contributed by atoms with Gasteiger partial charge >= 0.3 is 5.97 Å². The summed E-state index contributed by atoms with van der Waals surface area (Å²) >= 11 is 0. The first kappa shape index (κ1) is 16.7. The Hall–Kier alpha value is -2.62. The molecular weight excluding hydrogens is 292 g/mol. The molecule has 0 heterocycles. The van der Waals surface area contributed by atoms with Crippen molar-refractivity contribution in [1.82, 2.24) is 0 Å². The monoisotopic (exact) mass is 312 g/mol. The van der Waals surface area contributed by atoms with Gasteiger partial charge in [-0.25, -0.2) is 4.79 Å². The first-order valence-corrected chi connectivity index (χ1v) is 7.49. The average Bonchev–Trinajstić information content (AvgIpc) is 2.55. The summed E-state index contributed by atoms with van der Waals surface area (Å²) in [5.41, 5.74) is 2.92. The van der Waals surface area contributed by atoms with Crippen molar-refractivity contribution < 1.29 is 19.1 Å². The Kier molecular flexibility index (Phi) is 5.52. The number of carbonyl (C=O) groups excluding carboxylic acids is 2. The van der Waals surface area contributed by atoms with Gasteiger partial charge in [-0.3, -0.25) is 4.79 Å². The lowest BCUT2D eigenvalue weighted by atomic mass is 10.0. The molecule has 0 radical (unpaired) electrons. The largest absolute Gasteiger partial charge is 0.496 e. The van der Waals surface area contributed by atoms with Crippen molar-refractivity contribution in [2.45, 2.75) is 20.3 Å². The van der Waals surface area contributed by atoms with Crippen LogP contribution in [0, 0.1) is 6.92 Å². The maximum absolute atomic E-state index is 12.5. The van der Waals surface area contributed by atoms with Crippen LogP contribution in [0.3, 0.4) is 0 Å². The number of ketones is 1. The molecule has 0 saturated heterocycles. The van der Waals surface area contributed by atoms with E-state index in [-0.39, 0.29) is 18.2 Å². The van der Waals surface area contributed by atoms with Gasteiger partial charge in [0, 0.05) is 6.42 Å². The minimum absolute atomic E-state index is 0.0225. The minimum Gasteiger partial charge on any atom is -0.496 e. The van der Waals surface area contributed by atoms with Crippen LogP contribution in [0.1, 0.15) is 38.8 Å². The van der Waals surface area contributed by atoms with E-state index in [0.29, 0.717) is 23.5 Å². The summed E-state index contributed by atoms with van der Waals surface area (Å²) in [5, 5.41) is 0. The molecule has 2 aromatic carbocycles. The van der Waals surface area contributed by atoms with E-state index in [0.717, 1.165) is 11.1 Å². The molecule has 0 aromatic heterocycles. The zero-order valence-electron chi connectivity index (χ0n) is 13.6. The van der Waals surface area contributed by atoms with Crippen LogP contribution in [0.4, 0.5) is 0 Å². The predicted octanol–water partition coefficient (Wildman–Crippen LogP) is 3.61. The highest BCUT2D eigenvalue weighted by Gasteiger charge is 2.13. The molecule has 0 saturated carbocycles. The lowest BCUT2D eigenvalue weighted by Crippen LogP contribution is -2.07. The second-order valence-electron chi connectivity index (χ2n) is 5.22. The Morgan fingerprint density at radius 2 is 1.74 bits per heavy atom. The fourth-order valence-electron chi connectivity index (χ4n) is 2.28. The standard InChI is InChI=1S/C19H20O4/c1-4-23-19(21)15-8-6-14(7-9-15)12-17(20)16-10-5-13(2)11-18(16)22-3/h5-11H,4,12H2,1-3H3. The van der Waals surface area contributed by atoms with Crippen LogP contribution in [0.5, 0.6) is 5.75 Å². The van der Waals surface area contributed by atoms with Gasteiger partial charge in [0.05, 0.1) is 24.8 Å². The molecule has 120 valence electrons. The van der Waals surface area contributed by atoms with E-state index in [4.69, 9.17) is 9.47 Å². The Morgan fingerprint density at radius 3 is 2.35 bits per heavy atom. The summed E-state index contributed by atoms with van der Waals surface area (Å²) < 4.78 is 10.2. The molecule has 4 heteroatoms. The van der Waals surface area contributed by atoms with Gasteiger partial charge in [0.1, 0.15) is 5.75 Å². The van der Waals surface area contributed by atoms with Crippen molar-refractivity contribution in [1.29, 1.82) is 0 Å². The van der Waals surface area contributed by atoms with Crippen molar-refractivity contribution in [3.8, 4) is 5.75 Å². The summed E-state index contributed by atoms with van der Waals surface area (Å²) in [5.74, 6) is 0.203. The topological polar surface area (TPSA) is 52.6 Å². The summed E-state index contributed by atoms with van der Waals surface area (Å²) in [6.07, 6.45) is 0.253. The number of hydrogen-bond acceptors (Lipinski definition) is 4. The molecule has 4 nitrogen and oxygen atoms in total. The zero-order valence-corrected chi connectivity index (χ0v) is 13.6. The molecular formula is C19H20O4. The summed E-state index contributed by atoms with van der Waals surface area (Å²) in [4.78, 5) is 24.1. The van der Waals surface area contributed by atoms with Crippen molar-refractivity contribution in [3.05, 3.63) is 64.7 Å². The molecule has 0 atom stereocenters. The lowest BCUT2D eigenvalue weighted by molar-refractivity contribution is 0.0526. The zero-order chi connectivity index (χ0) is 16.8. The normalized spacial score (nSPS) is 10.2. The van der Waals surface area contributed by atoms with Gasteiger partial charge in [0.15, 0.2) is 5.78 Å². The number of Topliss-reactive ketones (excluding diaryl/α,β-unsaturated/α-hetero) is 1. The molecule has 23 heavy (non-hydrogen) atoms. The van der Waals surface area contributed by atoms with E-state index >= 15 is 0 Å². The van der Waals surface area contributed by atoms with E-state index in [1.54, 1.807) is 44.4 Å². The van der Waals surface area contributed by atoms with Gasteiger partial charge < -0.3 is 9.47 Å². The van der Waals surface area contributed by atoms with Gasteiger partial charge in [-0.15, -0.1) is 0 Å². The van der Waals surface area contributed by atoms with Gasteiger partial charge in [0.25, 0.3) is 0 Å². The highest BCUT2D eigenvalue weighted by atomic mass is 16.5. The summed E-state index contributed by atoms with van der Waals surface area (Å²) in [6, 6.07) is 12.4. The second kappa shape index (κ2) is 7.58. The molecule has 0 unspecified atom stereocenters. The smallest absolute Gasteiger partial charge is 0.338 e. The molecule has 0 N–H and O–H groups in total. The number of benzene rings is 2. The molecule has 0 aliphatic carbocycles. The van der Waals surface area contributed by atoms with Crippen molar-refractivity contribution in [2.75, 3.05) is 13.7 Å². The van der Waals surface area contributed by atoms with E-state index in [1.165, 1.54) is 0 Å². The van der Waals surface area contributed by atoms with Gasteiger partial charge in [-0.2, -0.15) is 0 Å². The number of methoxy groups -OCH3 is 1. The van der Waals surface area contributed by atoms with E-state index in [2.05, 4.69) is 0 Å². The average molecular weight is 312 g/mol. The maximum atomic E-state index is 12.5. The van der Waals surface area contributed by atoms with Crippen molar-refractivity contribution in [3.63, 3.8) is 0 Å². The van der Waals surface area contributed by atoms with Crippen LogP contribution >= 0.6 is 0 Å². The van der Waals surface area contributed by atoms with E-state index < -0.39 is 0 Å². The van der Waals surface area contributed by atoms with Gasteiger partial charge in [-0.1, -0.05) is 18.2 Å². The Bertz CT molecular complexity index is 702. The quantitative estimate of drug-likeness (QED) is 0.604. The molecule has 0 aliphatic heterocycles. The van der Waals surface area contributed by atoms with Crippen LogP contribution < -0.4 is 4.74 Å². The first-order chi connectivity index (χ1) is 11.0. The third-order valence-corrected chi connectivity index (χ3v) is 3.49. The highest BCUT2D eigenvalue weighted by molar-refractivity contribution is 6.00. The number of esters is 1. The van der Waals surface area contributed by atoms with Gasteiger partial charge in [-0.05, 0) is 49.2 Å². The minimum atomic E-state index is -0.356. The molecule has 0 fully saturated rings. The molecule has 2 rings (SSSR count). The fourth-order valence-corrected chi connectivity index (χ4v) is 2.28. The van der Waals surface area contributed by atoms with Gasteiger partial charge in [0.2, 0.25) is 0 Å². The van der Waals surface area contributed by atoms with Crippen LogP contribution in [-0.2, 0) is 11.2 Å². The maximum Gasteiger partial charge on any atom is 0.338 e. The van der Waals surface area contributed by atoms with Crippen LogP contribution in [0.15, 0.2) is 42.5 Å². The fraction of sp³-hybridized carbons (Fsp3) is 0.263. The van der Waals surface area contributed by atoms with Crippen molar-refractivity contribution in [2.24, 2.45) is 0 Å². The van der Waals surface area contributed by atoms with E-state index in [1.807, 2.05) is 19.1 Å². The Morgan fingerprint density at radius 1 is 1.04 bits per heavy atom. The van der Waals surface area contributed by atoms with Crippen molar-refractivity contribution >= 4 is 11.8 Å². The summed E-state index contributed by atoms with van der Waals surface area (Å²) in [7, 11) is 1.56. The van der Waals surface area contributed by atoms with Crippen LogP contribution in [0.25, 0.3) is 0 Å². The summed E-state index contributed by atoms with van der Waals surface area (Å²) in [6.45, 7) is 4.05. The SMILES string of the molecule is CCOC(=O)c1ccc(CC(=O)c2ccc(C)cc2OC)cc1. The number of hydrogen-bond donors (Lipinski definition) is 0. The lowest BCUT2D eigenvalue weighted by Gasteiger charge is -2.09. The third-order valence-electron chi connectivity index (χ3n) is 3.49. The second-order valence-corrected chi connectivity index (χ2v) is 5.22. The molecule has 0 spiro atoms. The number of ether oxygens (including phenoxy) is 2. The number of rotatable bonds is 6. The predicted molar refractivity (Wildman–Crippen MR) is 88.2 cm³/mol. The molecule has 0 amide bonds. The number of aryl methyl sites for hydroxylation is 1. The third kappa shape index (κ3) is 4.19. The molecule has 0 bridgehead atoms. The highest BCUT2D eigenvalue weighted by Crippen LogP contribution is 2.22. The molecule has 0 aliphatic rings. The van der Waals surface area contributed by atoms with Crippen LogP contribution in [-0.4, -0.2) is 25.5 Å². The number of carbonyl (C=O) groups is 2. The molecule has 2 aromatic rings. The first-order valence-electron chi connectivity index (χ1n) is 7.49.